The Morgan fingerprint density at radius 2 is 1.88 bits per heavy atom. The van der Waals surface area contributed by atoms with Crippen LogP contribution in [0.1, 0.15) is 16.1 Å². The number of ether oxygens (including phenoxy) is 3. The van der Waals surface area contributed by atoms with E-state index in [1.54, 1.807) is 18.2 Å². The fourth-order valence-electron chi connectivity index (χ4n) is 3.03. The molecule has 2 N–H and O–H groups in total. The van der Waals surface area contributed by atoms with E-state index in [1.807, 2.05) is 0 Å². The van der Waals surface area contributed by atoms with Crippen molar-refractivity contribution in [3.63, 3.8) is 0 Å². The molecule has 170 valence electrons. The van der Waals surface area contributed by atoms with Gasteiger partial charge < -0.3 is 29.2 Å². The van der Waals surface area contributed by atoms with Crippen molar-refractivity contribution in [3.8, 4) is 28.5 Å². The number of aromatic nitrogens is 1. The van der Waals surface area contributed by atoms with Crippen LogP contribution in [0, 0.1) is 12.7 Å². The molecule has 0 saturated heterocycles. The molecule has 10 heteroatoms. The molecule has 2 aromatic carbocycles. The lowest BCUT2D eigenvalue weighted by Crippen LogP contribution is -2.35. The molecule has 3 aromatic rings. The fraction of sp³-hybridized carbons (Fsp3) is 0.273. The van der Waals surface area contributed by atoms with Crippen molar-refractivity contribution in [1.29, 1.82) is 0 Å². The Morgan fingerprint density at radius 3 is 2.50 bits per heavy atom. The summed E-state index contributed by atoms with van der Waals surface area (Å²) in [6, 6.07) is 9.26. The van der Waals surface area contributed by atoms with E-state index in [1.165, 1.54) is 39.3 Å². The molecule has 0 radical (unpaired) electrons. The molecule has 32 heavy (non-hydrogen) atoms. The van der Waals surface area contributed by atoms with E-state index in [2.05, 4.69) is 10.5 Å². The normalized spacial score (nSPS) is 11.7. The van der Waals surface area contributed by atoms with Crippen LogP contribution in [-0.2, 0) is 0 Å². The first-order valence-electron chi connectivity index (χ1n) is 9.58. The molecule has 0 aliphatic carbocycles. The minimum Gasteiger partial charge on any atom is -0.493 e. The van der Waals surface area contributed by atoms with Crippen molar-refractivity contribution in [2.24, 2.45) is 0 Å². The molecular formula is C22H22ClFN2O6. The molecule has 8 nitrogen and oxygen atoms in total. The van der Waals surface area contributed by atoms with Crippen molar-refractivity contribution in [2.45, 2.75) is 13.0 Å². The van der Waals surface area contributed by atoms with Crippen molar-refractivity contribution in [1.82, 2.24) is 10.5 Å². The third kappa shape index (κ3) is 4.95. The number of hydrogen-bond acceptors (Lipinski definition) is 7. The number of halogens is 2. The van der Waals surface area contributed by atoms with Gasteiger partial charge in [0, 0.05) is 6.54 Å². The van der Waals surface area contributed by atoms with Gasteiger partial charge in [0.1, 0.15) is 35.5 Å². The number of para-hydroxylation sites is 1. The van der Waals surface area contributed by atoms with E-state index >= 15 is 0 Å². The van der Waals surface area contributed by atoms with Crippen molar-refractivity contribution >= 4 is 17.5 Å². The van der Waals surface area contributed by atoms with E-state index in [9.17, 15) is 14.3 Å². The van der Waals surface area contributed by atoms with E-state index in [4.69, 9.17) is 30.3 Å². The van der Waals surface area contributed by atoms with Crippen LogP contribution in [0.2, 0.25) is 5.02 Å². The first-order valence-corrected chi connectivity index (χ1v) is 9.95. The zero-order chi connectivity index (χ0) is 23.3. The minimum atomic E-state index is -1.06. The van der Waals surface area contributed by atoms with Gasteiger partial charge in [-0.15, -0.1) is 0 Å². The monoisotopic (exact) mass is 464 g/mol. The van der Waals surface area contributed by atoms with Crippen LogP contribution in [0.25, 0.3) is 11.3 Å². The van der Waals surface area contributed by atoms with Gasteiger partial charge in [-0.05, 0) is 31.2 Å². The van der Waals surface area contributed by atoms with Gasteiger partial charge in [-0.2, -0.15) is 0 Å². The summed E-state index contributed by atoms with van der Waals surface area (Å²) in [6.07, 6.45) is -1.06. The summed E-state index contributed by atoms with van der Waals surface area (Å²) >= 11 is 6.10. The SMILES string of the molecule is COc1cccc(OC)c1OCC(O)CNC(=O)c1c(-c2c(F)cccc2Cl)noc1C. The topological polar surface area (TPSA) is 103 Å². The zero-order valence-electron chi connectivity index (χ0n) is 17.6. The molecule has 1 amide bonds. The number of methoxy groups -OCH3 is 2. The van der Waals surface area contributed by atoms with E-state index in [-0.39, 0.29) is 40.8 Å². The highest BCUT2D eigenvalue weighted by Gasteiger charge is 2.26. The molecule has 3 rings (SSSR count). The predicted octanol–water partition coefficient (Wildman–Crippen LogP) is 3.63. The number of rotatable bonds is 9. The Labute approximate surface area is 188 Å². The van der Waals surface area contributed by atoms with Gasteiger partial charge in [0.05, 0.1) is 24.8 Å². The van der Waals surface area contributed by atoms with Gasteiger partial charge in [0.2, 0.25) is 5.75 Å². The largest absolute Gasteiger partial charge is 0.493 e. The summed E-state index contributed by atoms with van der Waals surface area (Å²) in [5.74, 6) is 0.140. The van der Waals surface area contributed by atoms with Crippen LogP contribution in [0.3, 0.4) is 0 Å². The lowest BCUT2D eigenvalue weighted by atomic mass is 10.0. The van der Waals surface area contributed by atoms with E-state index < -0.39 is 17.8 Å². The maximum Gasteiger partial charge on any atom is 0.257 e. The summed E-state index contributed by atoms with van der Waals surface area (Å²) in [4.78, 5) is 12.8. The maximum absolute atomic E-state index is 14.3. The highest BCUT2D eigenvalue weighted by Crippen LogP contribution is 2.37. The molecule has 1 unspecified atom stereocenters. The number of benzene rings is 2. The van der Waals surface area contributed by atoms with Crippen molar-refractivity contribution in [3.05, 3.63) is 58.6 Å². The molecule has 1 atom stereocenters. The highest BCUT2D eigenvalue weighted by molar-refractivity contribution is 6.33. The molecule has 1 heterocycles. The number of hydrogen-bond donors (Lipinski definition) is 2. The second-order valence-corrected chi connectivity index (χ2v) is 7.13. The maximum atomic E-state index is 14.3. The summed E-state index contributed by atoms with van der Waals surface area (Å²) in [5.41, 5.74) is -0.0348. The summed E-state index contributed by atoms with van der Waals surface area (Å²) in [7, 11) is 2.97. The van der Waals surface area contributed by atoms with Crippen LogP contribution >= 0.6 is 11.6 Å². The quantitative estimate of drug-likeness (QED) is 0.498. The smallest absolute Gasteiger partial charge is 0.257 e. The van der Waals surface area contributed by atoms with Gasteiger partial charge in [-0.1, -0.05) is 28.9 Å². The Kier molecular flexibility index (Phi) is 7.55. The van der Waals surface area contributed by atoms with Crippen LogP contribution in [-0.4, -0.2) is 49.6 Å². The number of nitrogens with one attached hydrogen (secondary N) is 1. The number of aliphatic hydroxyl groups excluding tert-OH is 1. The molecule has 0 aliphatic heterocycles. The van der Waals surface area contributed by atoms with E-state index in [0.717, 1.165) is 0 Å². The number of aliphatic hydroxyl groups is 1. The first-order chi connectivity index (χ1) is 15.4. The van der Waals surface area contributed by atoms with E-state index in [0.29, 0.717) is 17.2 Å². The standard InChI is InChI=1S/C22H22ClFN2O6/c1-12-18(20(26-32-12)19-14(23)6-4-7-15(19)24)22(28)25-10-13(27)11-31-21-16(29-2)8-5-9-17(21)30-3/h4-9,13,27H,10-11H2,1-3H3,(H,25,28). The highest BCUT2D eigenvalue weighted by atomic mass is 35.5. The van der Waals surface area contributed by atoms with Crippen LogP contribution < -0.4 is 19.5 Å². The molecule has 1 aromatic heterocycles. The number of carbonyl (C=O) groups excluding carboxylic acids is 1. The summed E-state index contributed by atoms with van der Waals surface area (Å²) in [5, 5.41) is 16.7. The fourth-order valence-corrected chi connectivity index (χ4v) is 3.28. The van der Waals surface area contributed by atoms with Gasteiger partial charge >= 0.3 is 0 Å². The Hall–Kier alpha value is -3.30. The average molecular weight is 465 g/mol. The number of amides is 1. The van der Waals surface area contributed by atoms with Gasteiger partial charge in [-0.25, -0.2) is 4.39 Å². The molecule has 0 spiro atoms. The predicted molar refractivity (Wildman–Crippen MR) is 115 cm³/mol. The minimum absolute atomic E-state index is 0.0207. The number of carbonyl (C=O) groups is 1. The molecular weight excluding hydrogens is 443 g/mol. The number of nitrogens with zero attached hydrogens (tertiary/aromatic N) is 1. The third-order valence-corrected chi connectivity index (χ3v) is 4.91. The summed E-state index contributed by atoms with van der Waals surface area (Å²) < 4.78 is 35.5. The Bertz CT molecular complexity index is 1060. The average Bonchev–Trinajstić information content (AvgIpc) is 3.16. The second kappa shape index (κ2) is 10.3. The zero-order valence-corrected chi connectivity index (χ0v) is 18.4. The Balaban J connectivity index is 1.68. The van der Waals surface area contributed by atoms with Crippen LogP contribution in [0.4, 0.5) is 4.39 Å². The van der Waals surface area contributed by atoms with Crippen LogP contribution in [0.5, 0.6) is 17.2 Å². The van der Waals surface area contributed by atoms with Crippen molar-refractivity contribution in [2.75, 3.05) is 27.4 Å². The van der Waals surface area contributed by atoms with Gasteiger partial charge in [0.15, 0.2) is 11.5 Å². The number of aryl methyl sites for hydroxylation is 1. The third-order valence-electron chi connectivity index (χ3n) is 4.59. The van der Waals surface area contributed by atoms with Gasteiger partial charge in [0.25, 0.3) is 5.91 Å². The molecule has 0 aliphatic rings. The molecule has 0 fully saturated rings. The summed E-state index contributed by atoms with van der Waals surface area (Å²) in [6.45, 7) is 1.23. The second-order valence-electron chi connectivity index (χ2n) is 6.73. The Morgan fingerprint density at radius 1 is 1.22 bits per heavy atom. The lowest BCUT2D eigenvalue weighted by Gasteiger charge is -2.17. The lowest BCUT2D eigenvalue weighted by molar-refractivity contribution is 0.0833. The van der Waals surface area contributed by atoms with Gasteiger partial charge in [-0.3, -0.25) is 4.79 Å². The molecule has 0 bridgehead atoms. The van der Waals surface area contributed by atoms with Crippen LogP contribution in [0.15, 0.2) is 40.9 Å². The van der Waals surface area contributed by atoms with Crippen molar-refractivity contribution < 1.29 is 33.0 Å². The first kappa shape index (κ1) is 23.4. The molecule has 0 saturated carbocycles.